The number of aromatic nitrogens is 3. The Hall–Kier alpha value is -4.01. The first-order valence-corrected chi connectivity index (χ1v) is 12.0. The number of likely N-dealkylation sites (tertiary alicyclic amines) is 2. The lowest BCUT2D eigenvalue weighted by atomic mass is 9.73. The number of hydrogen-bond acceptors (Lipinski definition) is 7. The summed E-state index contributed by atoms with van der Waals surface area (Å²) in [4.78, 5) is 29.3. The number of nitrogens with zero attached hydrogens (tertiary/aromatic N) is 5. The first kappa shape index (κ1) is 25.6. The van der Waals surface area contributed by atoms with Gasteiger partial charge < -0.3 is 16.0 Å². The fraction of sp³-hybridized carbons (Fsp3) is 0.333. The molecule has 0 unspecified atom stereocenters. The van der Waals surface area contributed by atoms with Crippen LogP contribution in [0.4, 0.5) is 24.7 Å². The van der Waals surface area contributed by atoms with E-state index in [1.807, 2.05) is 11.9 Å². The van der Waals surface area contributed by atoms with Gasteiger partial charge in [0.1, 0.15) is 11.5 Å². The second kappa shape index (κ2) is 9.70. The van der Waals surface area contributed by atoms with E-state index in [0.717, 1.165) is 32.2 Å². The molecule has 11 heteroatoms. The van der Waals surface area contributed by atoms with Crippen molar-refractivity contribution in [1.29, 1.82) is 0 Å². The molecule has 3 aromatic rings. The topological polar surface area (TPSA) is 100 Å². The lowest BCUT2D eigenvalue weighted by Crippen LogP contribution is -2.70. The molecule has 8 nitrogen and oxygen atoms in total. The van der Waals surface area contributed by atoms with Crippen molar-refractivity contribution < 1.29 is 18.0 Å². The normalized spacial score (nSPS) is 16.8. The van der Waals surface area contributed by atoms with Gasteiger partial charge in [0.25, 0.3) is 5.91 Å². The standard InChI is InChI=1S/C27H26F3N7O/c1-17-18(3-6-22-10-34-24(31)11-33-22)7-20(9-32-17)25(38)35-21-5-4-19(23(8-21)27(28,29)30)12-37-15-26(16-37)13-36(2)14-26/h4-5,7-11H,12-16H2,1-2H3,(H2,31,34)(H,35,38). The minimum absolute atomic E-state index is 0.0529. The van der Waals surface area contributed by atoms with Crippen LogP contribution in [0.5, 0.6) is 0 Å². The van der Waals surface area contributed by atoms with Crippen LogP contribution in [0.3, 0.4) is 0 Å². The second-order valence-corrected chi connectivity index (χ2v) is 10.1. The summed E-state index contributed by atoms with van der Waals surface area (Å²) >= 11 is 0. The van der Waals surface area contributed by atoms with Gasteiger partial charge in [-0.25, -0.2) is 9.97 Å². The minimum atomic E-state index is -4.55. The maximum atomic E-state index is 13.9. The number of hydrogen-bond donors (Lipinski definition) is 2. The Morgan fingerprint density at radius 1 is 1.08 bits per heavy atom. The molecule has 1 amide bonds. The number of halogens is 3. The van der Waals surface area contributed by atoms with E-state index in [4.69, 9.17) is 5.73 Å². The predicted molar refractivity (Wildman–Crippen MR) is 136 cm³/mol. The van der Waals surface area contributed by atoms with Gasteiger partial charge in [0.05, 0.1) is 29.2 Å². The lowest BCUT2D eigenvalue weighted by Gasteiger charge is -2.59. The van der Waals surface area contributed by atoms with E-state index >= 15 is 0 Å². The third kappa shape index (κ3) is 5.46. The van der Waals surface area contributed by atoms with Crippen molar-refractivity contribution in [1.82, 2.24) is 24.8 Å². The van der Waals surface area contributed by atoms with E-state index in [1.165, 1.54) is 36.8 Å². The third-order valence-electron chi connectivity index (χ3n) is 6.74. The van der Waals surface area contributed by atoms with Crippen LogP contribution in [0.25, 0.3) is 0 Å². The molecule has 4 heterocycles. The Labute approximate surface area is 218 Å². The van der Waals surface area contributed by atoms with Gasteiger partial charge in [0.15, 0.2) is 0 Å². The molecule has 2 aliphatic rings. The second-order valence-electron chi connectivity index (χ2n) is 10.1. The number of carbonyl (C=O) groups is 1. The number of amides is 1. The Morgan fingerprint density at radius 3 is 2.50 bits per heavy atom. The number of nitrogens with two attached hydrogens (primary N) is 1. The molecule has 0 saturated carbocycles. The Morgan fingerprint density at radius 2 is 1.84 bits per heavy atom. The molecule has 2 aromatic heterocycles. The molecule has 0 bridgehead atoms. The molecule has 2 aliphatic heterocycles. The monoisotopic (exact) mass is 521 g/mol. The van der Waals surface area contributed by atoms with E-state index < -0.39 is 17.6 Å². The Bertz CT molecular complexity index is 1430. The summed E-state index contributed by atoms with van der Waals surface area (Å²) in [6.45, 7) is 5.51. The molecule has 3 N–H and O–H groups in total. The number of rotatable bonds is 4. The smallest absolute Gasteiger partial charge is 0.382 e. The first-order chi connectivity index (χ1) is 18.0. The van der Waals surface area contributed by atoms with Crippen LogP contribution in [-0.2, 0) is 12.7 Å². The van der Waals surface area contributed by atoms with Crippen LogP contribution in [0.1, 0.15) is 38.4 Å². The van der Waals surface area contributed by atoms with Crippen LogP contribution in [-0.4, -0.2) is 63.9 Å². The molecule has 38 heavy (non-hydrogen) atoms. The number of pyridine rings is 1. The number of nitrogens with one attached hydrogen (secondary N) is 1. The number of aryl methyl sites for hydroxylation is 1. The summed E-state index contributed by atoms with van der Waals surface area (Å²) in [5.74, 6) is 5.41. The molecule has 5 rings (SSSR count). The number of anilines is 2. The number of carbonyl (C=O) groups excluding carboxylic acids is 1. The molecular weight excluding hydrogens is 495 g/mol. The van der Waals surface area contributed by atoms with E-state index in [2.05, 4.69) is 37.0 Å². The molecule has 1 spiro atoms. The zero-order valence-corrected chi connectivity index (χ0v) is 20.9. The molecule has 0 aliphatic carbocycles. The average Bonchev–Trinajstić information content (AvgIpc) is 2.82. The largest absolute Gasteiger partial charge is 0.416 e. The van der Waals surface area contributed by atoms with Gasteiger partial charge in [-0.3, -0.25) is 14.7 Å². The van der Waals surface area contributed by atoms with Crippen LogP contribution in [0, 0.1) is 24.2 Å². The molecule has 2 fully saturated rings. The van der Waals surface area contributed by atoms with E-state index in [9.17, 15) is 18.0 Å². The summed E-state index contributed by atoms with van der Waals surface area (Å²) in [5, 5.41) is 2.56. The van der Waals surface area contributed by atoms with Crippen LogP contribution in [0.2, 0.25) is 0 Å². The minimum Gasteiger partial charge on any atom is -0.382 e. The van der Waals surface area contributed by atoms with Gasteiger partial charge in [-0.05, 0) is 43.7 Å². The lowest BCUT2D eigenvalue weighted by molar-refractivity contribution is -0.139. The summed E-state index contributed by atoms with van der Waals surface area (Å²) in [5.41, 5.74) is 6.87. The van der Waals surface area contributed by atoms with Gasteiger partial charge in [-0.15, -0.1) is 0 Å². The van der Waals surface area contributed by atoms with E-state index in [-0.39, 0.29) is 34.6 Å². The van der Waals surface area contributed by atoms with Crippen molar-refractivity contribution >= 4 is 17.4 Å². The van der Waals surface area contributed by atoms with Gasteiger partial charge in [-0.1, -0.05) is 12.0 Å². The van der Waals surface area contributed by atoms with Crippen molar-refractivity contribution in [3.8, 4) is 11.8 Å². The highest BCUT2D eigenvalue weighted by atomic mass is 19.4. The van der Waals surface area contributed by atoms with Gasteiger partial charge in [0, 0.05) is 55.6 Å². The summed E-state index contributed by atoms with van der Waals surface area (Å²) < 4.78 is 41.7. The van der Waals surface area contributed by atoms with Gasteiger partial charge in [0.2, 0.25) is 0 Å². The van der Waals surface area contributed by atoms with Crippen molar-refractivity contribution in [2.45, 2.75) is 19.6 Å². The molecule has 0 atom stereocenters. The Kier molecular flexibility index (Phi) is 6.54. The summed E-state index contributed by atoms with van der Waals surface area (Å²) in [7, 11) is 2.04. The molecule has 196 valence electrons. The van der Waals surface area contributed by atoms with Gasteiger partial charge >= 0.3 is 6.18 Å². The van der Waals surface area contributed by atoms with E-state index in [0.29, 0.717) is 17.0 Å². The average molecular weight is 522 g/mol. The molecule has 1 aromatic carbocycles. The maximum absolute atomic E-state index is 13.9. The summed E-state index contributed by atoms with van der Waals surface area (Å²) in [6.07, 6.45) is -0.383. The summed E-state index contributed by atoms with van der Waals surface area (Å²) in [6, 6.07) is 5.46. The van der Waals surface area contributed by atoms with Crippen LogP contribution in [0.15, 0.2) is 42.9 Å². The molecular formula is C27H26F3N7O. The fourth-order valence-corrected chi connectivity index (χ4v) is 5.13. The van der Waals surface area contributed by atoms with E-state index in [1.54, 1.807) is 6.92 Å². The quantitative estimate of drug-likeness (QED) is 0.509. The molecule has 0 radical (unpaired) electrons. The van der Waals surface area contributed by atoms with Crippen molar-refractivity contribution in [2.75, 3.05) is 44.3 Å². The SMILES string of the molecule is Cc1ncc(C(=O)Nc2ccc(CN3CC4(CN(C)C4)C3)c(C(F)(F)F)c2)cc1C#Cc1cnc(N)cn1. The highest BCUT2D eigenvalue weighted by Gasteiger charge is 2.50. The molecule has 2 saturated heterocycles. The highest BCUT2D eigenvalue weighted by Crippen LogP contribution is 2.41. The predicted octanol–water partition coefficient (Wildman–Crippen LogP) is 3.18. The zero-order chi connectivity index (χ0) is 27.1. The maximum Gasteiger partial charge on any atom is 0.416 e. The van der Waals surface area contributed by atoms with Crippen molar-refractivity contribution in [3.05, 3.63) is 76.5 Å². The van der Waals surface area contributed by atoms with Crippen LogP contribution >= 0.6 is 0 Å². The fourth-order valence-electron chi connectivity index (χ4n) is 5.13. The van der Waals surface area contributed by atoms with Crippen LogP contribution < -0.4 is 11.1 Å². The third-order valence-corrected chi connectivity index (χ3v) is 6.74. The van der Waals surface area contributed by atoms with Gasteiger partial charge in [-0.2, -0.15) is 13.2 Å². The van der Waals surface area contributed by atoms with Crippen molar-refractivity contribution in [3.63, 3.8) is 0 Å². The highest BCUT2D eigenvalue weighted by molar-refractivity contribution is 6.04. The first-order valence-electron chi connectivity index (χ1n) is 12.0. The number of nitrogen functional groups attached to an aromatic ring is 1. The Balaban J connectivity index is 1.30. The number of benzene rings is 1. The number of alkyl halides is 3. The van der Waals surface area contributed by atoms with Crippen molar-refractivity contribution in [2.24, 2.45) is 5.41 Å². The zero-order valence-electron chi connectivity index (χ0n) is 20.9.